The minimum atomic E-state index is 0.303. The first-order valence-electron chi connectivity index (χ1n) is 6.47. The smallest absolute Gasteiger partial charge is 0.129 e. The van der Waals surface area contributed by atoms with E-state index in [0.29, 0.717) is 11.9 Å². The van der Waals surface area contributed by atoms with E-state index >= 15 is 0 Å². The van der Waals surface area contributed by atoms with E-state index in [1.54, 1.807) is 14.0 Å². The normalized spacial score (nSPS) is 17.8. The van der Waals surface area contributed by atoms with Crippen LogP contribution in [0.3, 0.4) is 0 Å². The Balaban J connectivity index is 0.00000106. The van der Waals surface area contributed by atoms with E-state index in [-0.39, 0.29) is 0 Å². The number of carbonyl (C=O) groups excluding carboxylic acids is 1. The van der Waals surface area contributed by atoms with Crippen molar-refractivity contribution >= 4 is 5.78 Å². The molecule has 0 aliphatic carbocycles. The van der Waals surface area contributed by atoms with Crippen molar-refractivity contribution in [2.45, 2.75) is 52.6 Å². The van der Waals surface area contributed by atoms with Gasteiger partial charge in [-0.1, -0.05) is 13.8 Å². The average Bonchev–Trinajstić information content (AvgIpc) is 2.32. The molecule has 0 spiro atoms. The average molecular weight is 229 g/mol. The summed E-state index contributed by atoms with van der Waals surface area (Å²) < 4.78 is 5.30. The predicted octanol–water partition coefficient (Wildman–Crippen LogP) is 2.49. The van der Waals surface area contributed by atoms with Crippen molar-refractivity contribution in [3.63, 3.8) is 0 Å². The quantitative estimate of drug-likeness (QED) is 0.725. The van der Waals surface area contributed by atoms with E-state index < -0.39 is 0 Å². The highest BCUT2D eigenvalue weighted by molar-refractivity contribution is 5.75. The Morgan fingerprint density at radius 2 is 1.88 bits per heavy atom. The number of carbonyl (C=O) groups is 1. The SMILES string of the molecule is CC.COC1CCN(CCCC(C)=O)CC1. The monoisotopic (exact) mass is 229 g/mol. The molecule has 0 aromatic carbocycles. The van der Waals surface area contributed by atoms with Crippen LogP contribution < -0.4 is 0 Å². The molecule has 1 heterocycles. The topological polar surface area (TPSA) is 29.5 Å². The van der Waals surface area contributed by atoms with Crippen LogP contribution in [0, 0.1) is 0 Å². The first-order valence-corrected chi connectivity index (χ1v) is 6.47. The van der Waals surface area contributed by atoms with Gasteiger partial charge in [0.1, 0.15) is 5.78 Å². The Kier molecular flexibility index (Phi) is 9.54. The number of piperidine rings is 1. The van der Waals surface area contributed by atoms with Gasteiger partial charge in [0.25, 0.3) is 0 Å². The minimum Gasteiger partial charge on any atom is -0.381 e. The van der Waals surface area contributed by atoms with E-state index in [2.05, 4.69) is 4.90 Å². The number of ketones is 1. The molecular formula is C13H27NO2. The molecule has 1 saturated heterocycles. The fraction of sp³-hybridized carbons (Fsp3) is 0.923. The molecule has 0 bridgehead atoms. The Morgan fingerprint density at radius 3 is 2.31 bits per heavy atom. The Morgan fingerprint density at radius 1 is 1.31 bits per heavy atom. The van der Waals surface area contributed by atoms with Gasteiger partial charge in [-0.25, -0.2) is 0 Å². The van der Waals surface area contributed by atoms with E-state index in [0.717, 1.165) is 45.3 Å². The summed E-state index contributed by atoms with van der Waals surface area (Å²) >= 11 is 0. The third kappa shape index (κ3) is 6.96. The maximum absolute atomic E-state index is 10.7. The molecule has 1 aliphatic rings. The van der Waals surface area contributed by atoms with E-state index in [9.17, 15) is 4.79 Å². The number of likely N-dealkylation sites (tertiary alicyclic amines) is 1. The third-order valence-corrected chi connectivity index (χ3v) is 2.87. The van der Waals surface area contributed by atoms with Crippen LogP contribution in [-0.4, -0.2) is 43.5 Å². The molecule has 3 nitrogen and oxygen atoms in total. The molecule has 16 heavy (non-hydrogen) atoms. The fourth-order valence-electron chi connectivity index (χ4n) is 1.92. The van der Waals surface area contributed by atoms with Crippen LogP contribution in [0.1, 0.15) is 46.5 Å². The van der Waals surface area contributed by atoms with Gasteiger partial charge in [-0.2, -0.15) is 0 Å². The summed E-state index contributed by atoms with van der Waals surface area (Å²) in [7, 11) is 1.79. The summed E-state index contributed by atoms with van der Waals surface area (Å²) in [5, 5.41) is 0. The molecule has 0 atom stereocenters. The van der Waals surface area contributed by atoms with Crippen LogP contribution in [0.4, 0.5) is 0 Å². The maximum Gasteiger partial charge on any atom is 0.129 e. The highest BCUT2D eigenvalue weighted by Gasteiger charge is 2.17. The number of hydrogen-bond acceptors (Lipinski definition) is 3. The Labute approximate surface area is 100 Å². The second-order valence-corrected chi connectivity index (χ2v) is 4.08. The lowest BCUT2D eigenvalue weighted by Crippen LogP contribution is -2.37. The van der Waals surface area contributed by atoms with Gasteiger partial charge < -0.3 is 14.4 Å². The maximum atomic E-state index is 10.7. The summed E-state index contributed by atoms with van der Waals surface area (Å²) in [6.07, 6.45) is 4.46. The summed E-state index contributed by atoms with van der Waals surface area (Å²) in [6.45, 7) is 8.97. The van der Waals surface area contributed by atoms with Gasteiger partial charge in [0.05, 0.1) is 6.10 Å². The lowest BCUT2D eigenvalue weighted by molar-refractivity contribution is -0.117. The second-order valence-electron chi connectivity index (χ2n) is 4.08. The van der Waals surface area contributed by atoms with Crippen molar-refractivity contribution in [1.82, 2.24) is 4.90 Å². The van der Waals surface area contributed by atoms with Crippen LogP contribution in [-0.2, 0) is 9.53 Å². The van der Waals surface area contributed by atoms with Crippen molar-refractivity contribution in [3.05, 3.63) is 0 Å². The Hall–Kier alpha value is -0.410. The van der Waals surface area contributed by atoms with Gasteiger partial charge in [0.15, 0.2) is 0 Å². The van der Waals surface area contributed by atoms with Gasteiger partial charge in [-0.15, -0.1) is 0 Å². The molecule has 0 saturated carbocycles. The zero-order valence-corrected chi connectivity index (χ0v) is 11.3. The lowest BCUT2D eigenvalue weighted by atomic mass is 10.1. The third-order valence-electron chi connectivity index (χ3n) is 2.87. The number of Topliss-reactive ketones (excluding diaryl/α,β-unsaturated/α-hetero) is 1. The Bertz CT molecular complexity index is 175. The molecule has 1 rings (SSSR count). The molecule has 0 radical (unpaired) electrons. The van der Waals surface area contributed by atoms with Crippen molar-refractivity contribution in [2.75, 3.05) is 26.7 Å². The first kappa shape index (κ1) is 15.6. The van der Waals surface area contributed by atoms with Crippen LogP contribution in [0.5, 0.6) is 0 Å². The molecular weight excluding hydrogens is 202 g/mol. The van der Waals surface area contributed by atoms with Gasteiger partial charge in [0, 0.05) is 26.6 Å². The van der Waals surface area contributed by atoms with E-state index in [1.807, 2.05) is 13.8 Å². The van der Waals surface area contributed by atoms with Crippen molar-refractivity contribution in [1.29, 1.82) is 0 Å². The van der Waals surface area contributed by atoms with Crippen molar-refractivity contribution < 1.29 is 9.53 Å². The molecule has 0 aromatic rings. The van der Waals surface area contributed by atoms with Gasteiger partial charge >= 0.3 is 0 Å². The highest BCUT2D eigenvalue weighted by atomic mass is 16.5. The first-order chi connectivity index (χ1) is 7.72. The fourth-order valence-corrected chi connectivity index (χ4v) is 1.92. The number of rotatable bonds is 5. The van der Waals surface area contributed by atoms with Gasteiger partial charge in [0.2, 0.25) is 0 Å². The van der Waals surface area contributed by atoms with Crippen LogP contribution in [0.2, 0.25) is 0 Å². The van der Waals surface area contributed by atoms with Crippen LogP contribution in [0.25, 0.3) is 0 Å². The zero-order chi connectivity index (χ0) is 12.4. The molecule has 0 unspecified atom stereocenters. The number of ether oxygens (including phenoxy) is 1. The summed E-state index contributed by atoms with van der Waals surface area (Å²) in [5.74, 6) is 0.303. The predicted molar refractivity (Wildman–Crippen MR) is 67.7 cm³/mol. The van der Waals surface area contributed by atoms with E-state index in [1.165, 1.54) is 0 Å². The summed E-state index contributed by atoms with van der Waals surface area (Å²) in [4.78, 5) is 13.2. The molecule has 1 fully saturated rings. The second kappa shape index (κ2) is 9.79. The summed E-state index contributed by atoms with van der Waals surface area (Å²) in [5.41, 5.74) is 0. The number of methoxy groups -OCH3 is 1. The standard InChI is InChI=1S/C11H21NO2.C2H6/c1-10(13)4-3-7-12-8-5-11(14-2)6-9-12;1-2/h11H,3-9H2,1-2H3;1-2H3. The molecule has 3 heteroatoms. The highest BCUT2D eigenvalue weighted by Crippen LogP contribution is 2.13. The van der Waals surface area contributed by atoms with Crippen molar-refractivity contribution in [3.8, 4) is 0 Å². The van der Waals surface area contributed by atoms with E-state index in [4.69, 9.17) is 4.74 Å². The molecule has 0 aromatic heterocycles. The summed E-state index contributed by atoms with van der Waals surface area (Å²) in [6, 6.07) is 0. The number of hydrogen-bond donors (Lipinski definition) is 0. The van der Waals surface area contributed by atoms with Gasteiger partial charge in [-0.3, -0.25) is 0 Å². The van der Waals surface area contributed by atoms with Crippen molar-refractivity contribution in [2.24, 2.45) is 0 Å². The molecule has 96 valence electrons. The molecule has 0 N–H and O–H groups in total. The minimum absolute atomic E-state index is 0.303. The lowest BCUT2D eigenvalue weighted by Gasteiger charge is -2.30. The molecule has 1 aliphatic heterocycles. The van der Waals surface area contributed by atoms with Crippen LogP contribution >= 0.6 is 0 Å². The largest absolute Gasteiger partial charge is 0.381 e. The number of nitrogens with zero attached hydrogens (tertiary/aromatic N) is 1. The van der Waals surface area contributed by atoms with Gasteiger partial charge in [-0.05, 0) is 32.7 Å². The molecule has 0 amide bonds. The zero-order valence-electron chi connectivity index (χ0n) is 11.3. The van der Waals surface area contributed by atoms with Crippen LogP contribution in [0.15, 0.2) is 0 Å².